The summed E-state index contributed by atoms with van der Waals surface area (Å²) in [5.41, 5.74) is 0.682. The molecule has 1 N–H and O–H groups in total. The van der Waals surface area contributed by atoms with Crippen LogP contribution in [0.5, 0.6) is 0 Å². The SMILES string of the molecule is Fc1cc(CNC2CCCC(C(F)(F)F)C2)ccc1Cl. The second-order valence-corrected chi connectivity index (χ2v) is 5.64. The molecule has 1 aliphatic carbocycles. The van der Waals surface area contributed by atoms with Gasteiger partial charge in [0.1, 0.15) is 5.82 Å². The number of hydrogen-bond acceptors (Lipinski definition) is 1. The number of halogens is 5. The van der Waals surface area contributed by atoms with Gasteiger partial charge in [-0.3, -0.25) is 0 Å². The van der Waals surface area contributed by atoms with Gasteiger partial charge in [-0.25, -0.2) is 4.39 Å². The highest BCUT2D eigenvalue weighted by molar-refractivity contribution is 6.30. The lowest BCUT2D eigenvalue weighted by molar-refractivity contribution is -0.183. The van der Waals surface area contributed by atoms with E-state index in [1.807, 2.05) is 0 Å². The maximum absolute atomic E-state index is 13.3. The molecule has 1 aliphatic rings. The molecular weight excluding hydrogens is 294 g/mol. The molecule has 1 fully saturated rings. The van der Waals surface area contributed by atoms with Crippen molar-refractivity contribution < 1.29 is 17.6 Å². The molecular formula is C14H16ClF4N. The smallest absolute Gasteiger partial charge is 0.310 e. The van der Waals surface area contributed by atoms with Crippen molar-refractivity contribution >= 4 is 11.6 Å². The van der Waals surface area contributed by atoms with Gasteiger partial charge in [-0.05, 0) is 37.0 Å². The van der Waals surface area contributed by atoms with Crippen LogP contribution >= 0.6 is 11.6 Å². The number of nitrogens with one attached hydrogen (secondary N) is 1. The summed E-state index contributed by atoms with van der Waals surface area (Å²) < 4.78 is 51.3. The van der Waals surface area contributed by atoms with Gasteiger partial charge in [-0.1, -0.05) is 24.1 Å². The van der Waals surface area contributed by atoms with E-state index in [1.165, 1.54) is 12.1 Å². The molecule has 1 nitrogen and oxygen atoms in total. The predicted octanol–water partition coefficient (Wildman–Crippen LogP) is 4.69. The summed E-state index contributed by atoms with van der Waals surface area (Å²) in [6.45, 7) is 0.351. The summed E-state index contributed by atoms with van der Waals surface area (Å²) >= 11 is 5.58. The Bertz CT molecular complexity index is 461. The van der Waals surface area contributed by atoms with E-state index in [1.54, 1.807) is 6.07 Å². The maximum atomic E-state index is 13.3. The van der Waals surface area contributed by atoms with Crippen molar-refractivity contribution in [2.45, 2.75) is 44.4 Å². The van der Waals surface area contributed by atoms with Crippen molar-refractivity contribution in [2.24, 2.45) is 5.92 Å². The first-order chi connectivity index (χ1) is 9.36. The highest BCUT2D eigenvalue weighted by atomic mass is 35.5. The summed E-state index contributed by atoms with van der Waals surface area (Å²) in [7, 11) is 0. The van der Waals surface area contributed by atoms with Gasteiger partial charge in [-0.15, -0.1) is 0 Å². The molecule has 0 heterocycles. The van der Waals surface area contributed by atoms with Gasteiger partial charge in [0.15, 0.2) is 0 Å². The van der Waals surface area contributed by atoms with Crippen LogP contribution in [0.2, 0.25) is 5.02 Å². The molecule has 0 amide bonds. The summed E-state index contributed by atoms with van der Waals surface area (Å²) in [5.74, 6) is -1.74. The Morgan fingerprint density at radius 1 is 1.25 bits per heavy atom. The van der Waals surface area contributed by atoms with Crippen LogP contribution in [0.15, 0.2) is 18.2 Å². The Kier molecular flexibility index (Phi) is 4.91. The zero-order valence-corrected chi connectivity index (χ0v) is 11.6. The molecule has 0 saturated heterocycles. The molecule has 0 radical (unpaired) electrons. The Labute approximate surface area is 120 Å². The molecule has 0 bridgehead atoms. The maximum Gasteiger partial charge on any atom is 0.391 e. The van der Waals surface area contributed by atoms with Crippen LogP contribution in [0.1, 0.15) is 31.2 Å². The van der Waals surface area contributed by atoms with Crippen LogP contribution in [0, 0.1) is 11.7 Å². The standard InChI is InChI=1S/C14H16ClF4N/c15-12-5-4-9(6-13(12)16)8-20-11-3-1-2-10(7-11)14(17,18)19/h4-6,10-11,20H,1-3,7-8H2. The van der Waals surface area contributed by atoms with Crippen molar-refractivity contribution in [1.29, 1.82) is 0 Å². The molecule has 1 saturated carbocycles. The molecule has 20 heavy (non-hydrogen) atoms. The minimum Gasteiger partial charge on any atom is -0.310 e. The molecule has 1 aromatic carbocycles. The van der Waals surface area contributed by atoms with E-state index >= 15 is 0 Å². The van der Waals surface area contributed by atoms with Gasteiger partial charge >= 0.3 is 6.18 Å². The minimum absolute atomic E-state index is 0.0450. The largest absolute Gasteiger partial charge is 0.391 e. The van der Waals surface area contributed by atoms with Gasteiger partial charge in [-0.2, -0.15) is 13.2 Å². The topological polar surface area (TPSA) is 12.0 Å². The molecule has 0 aliphatic heterocycles. The molecule has 0 aromatic heterocycles. The third-order valence-electron chi connectivity index (χ3n) is 3.72. The highest BCUT2D eigenvalue weighted by Gasteiger charge is 2.41. The quantitative estimate of drug-likeness (QED) is 0.799. The van der Waals surface area contributed by atoms with Crippen LogP contribution in [-0.4, -0.2) is 12.2 Å². The Hall–Kier alpha value is -0.810. The molecule has 0 spiro atoms. The first-order valence-electron chi connectivity index (χ1n) is 6.60. The monoisotopic (exact) mass is 309 g/mol. The van der Waals surface area contributed by atoms with Gasteiger partial charge in [0.25, 0.3) is 0 Å². The molecule has 2 unspecified atom stereocenters. The second kappa shape index (κ2) is 6.31. The first kappa shape index (κ1) is 15.6. The normalized spacial score (nSPS) is 23.9. The fourth-order valence-electron chi connectivity index (χ4n) is 2.58. The number of alkyl halides is 3. The Balaban J connectivity index is 1.88. The van der Waals surface area contributed by atoms with E-state index in [2.05, 4.69) is 5.32 Å². The third kappa shape index (κ3) is 4.09. The number of benzene rings is 1. The average Bonchev–Trinajstić information content (AvgIpc) is 2.39. The van der Waals surface area contributed by atoms with E-state index < -0.39 is 17.9 Å². The Morgan fingerprint density at radius 2 is 2.00 bits per heavy atom. The fourth-order valence-corrected chi connectivity index (χ4v) is 2.70. The van der Waals surface area contributed by atoms with Crippen LogP contribution < -0.4 is 5.32 Å². The molecule has 112 valence electrons. The summed E-state index contributed by atoms with van der Waals surface area (Å²) in [6.07, 6.45) is -2.52. The summed E-state index contributed by atoms with van der Waals surface area (Å²) in [5, 5.41) is 3.12. The van der Waals surface area contributed by atoms with Crippen molar-refractivity contribution in [2.75, 3.05) is 0 Å². The average molecular weight is 310 g/mol. The second-order valence-electron chi connectivity index (χ2n) is 5.23. The number of rotatable bonds is 3. The van der Waals surface area contributed by atoms with E-state index in [0.29, 0.717) is 18.5 Å². The summed E-state index contributed by atoms with van der Waals surface area (Å²) in [6, 6.07) is 4.25. The van der Waals surface area contributed by atoms with E-state index in [4.69, 9.17) is 11.6 Å². The van der Waals surface area contributed by atoms with Gasteiger partial charge in [0.05, 0.1) is 10.9 Å². The van der Waals surface area contributed by atoms with E-state index in [-0.39, 0.29) is 23.9 Å². The van der Waals surface area contributed by atoms with E-state index in [9.17, 15) is 17.6 Å². The van der Waals surface area contributed by atoms with E-state index in [0.717, 1.165) is 6.42 Å². The lowest BCUT2D eigenvalue weighted by atomic mass is 9.85. The van der Waals surface area contributed by atoms with Crippen molar-refractivity contribution in [3.05, 3.63) is 34.6 Å². The van der Waals surface area contributed by atoms with Crippen molar-refractivity contribution in [3.63, 3.8) is 0 Å². The molecule has 2 atom stereocenters. The lowest BCUT2D eigenvalue weighted by Gasteiger charge is -2.31. The molecule has 2 rings (SSSR count). The lowest BCUT2D eigenvalue weighted by Crippen LogP contribution is -2.38. The van der Waals surface area contributed by atoms with Gasteiger partial charge in [0.2, 0.25) is 0 Å². The first-order valence-corrected chi connectivity index (χ1v) is 6.98. The zero-order valence-electron chi connectivity index (χ0n) is 10.8. The van der Waals surface area contributed by atoms with Crippen LogP contribution in [0.25, 0.3) is 0 Å². The fraction of sp³-hybridized carbons (Fsp3) is 0.571. The predicted molar refractivity (Wildman–Crippen MR) is 70.1 cm³/mol. The van der Waals surface area contributed by atoms with Crippen molar-refractivity contribution in [1.82, 2.24) is 5.32 Å². The number of hydrogen-bond donors (Lipinski definition) is 1. The molecule has 6 heteroatoms. The Morgan fingerprint density at radius 3 is 2.65 bits per heavy atom. The van der Waals surface area contributed by atoms with Gasteiger partial charge in [0, 0.05) is 12.6 Å². The molecule has 1 aromatic rings. The van der Waals surface area contributed by atoms with Crippen LogP contribution in [0.4, 0.5) is 17.6 Å². The zero-order chi connectivity index (χ0) is 14.8. The highest BCUT2D eigenvalue weighted by Crippen LogP contribution is 2.37. The van der Waals surface area contributed by atoms with Gasteiger partial charge < -0.3 is 5.32 Å². The van der Waals surface area contributed by atoms with Crippen LogP contribution in [0.3, 0.4) is 0 Å². The van der Waals surface area contributed by atoms with Crippen LogP contribution in [-0.2, 0) is 6.54 Å². The minimum atomic E-state index is -4.12. The third-order valence-corrected chi connectivity index (χ3v) is 4.02. The van der Waals surface area contributed by atoms with Crippen molar-refractivity contribution in [3.8, 4) is 0 Å². The summed E-state index contributed by atoms with van der Waals surface area (Å²) in [4.78, 5) is 0.